The molecule has 0 aliphatic heterocycles. The number of benzene rings is 3. The van der Waals surface area contributed by atoms with Crippen molar-refractivity contribution < 1.29 is 4.58 Å². The van der Waals surface area contributed by atoms with Crippen molar-refractivity contribution in [3.05, 3.63) is 137 Å². The number of rotatable bonds is 17. The lowest BCUT2D eigenvalue weighted by Gasteiger charge is -2.22. The Morgan fingerprint density at radius 3 is 1.31 bits per heavy atom. The van der Waals surface area contributed by atoms with Crippen molar-refractivity contribution in [2.75, 3.05) is 67.1 Å². The molecule has 0 atom stereocenters. The standard InChI is InChI=1S/C47H63N4/c1-10-37-36-41(28-35-47(37)51(17-8)18-9)46(40-26-33-44(34-27-40)50(15-6)16-7)21-19-20-45(38-22-29-42(30-23-38)48(11-2)12-3)39-24-31-43(32-25-39)49(13-4)14-5/h19-36H,10-18H2,1-9H3/q+1. The van der Waals surface area contributed by atoms with E-state index in [9.17, 15) is 0 Å². The van der Waals surface area contributed by atoms with Crippen LogP contribution in [0.5, 0.6) is 0 Å². The molecule has 0 saturated heterocycles. The van der Waals surface area contributed by atoms with E-state index in [0.29, 0.717) is 0 Å². The zero-order valence-electron chi connectivity index (χ0n) is 33.0. The summed E-state index contributed by atoms with van der Waals surface area (Å²) in [4.78, 5) is 7.20. The molecule has 4 heteroatoms. The number of hydrogen-bond donors (Lipinski definition) is 0. The van der Waals surface area contributed by atoms with E-state index in [1.807, 2.05) is 0 Å². The summed E-state index contributed by atoms with van der Waals surface area (Å²) in [6, 6.07) is 27.3. The van der Waals surface area contributed by atoms with E-state index in [4.69, 9.17) is 0 Å². The third-order valence-corrected chi connectivity index (χ3v) is 10.3. The van der Waals surface area contributed by atoms with Gasteiger partial charge in [-0.25, -0.2) is 4.58 Å². The summed E-state index contributed by atoms with van der Waals surface area (Å²) in [6.07, 6.45) is 14.9. The molecule has 0 radical (unpaired) electrons. The molecule has 1 aliphatic carbocycles. The van der Waals surface area contributed by atoms with Gasteiger partial charge in [-0.05, 0) is 144 Å². The van der Waals surface area contributed by atoms with Crippen LogP contribution in [0.25, 0.3) is 11.1 Å². The molecule has 0 unspecified atom stereocenters. The molecule has 0 amide bonds. The zero-order chi connectivity index (χ0) is 36.8. The summed E-state index contributed by atoms with van der Waals surface area (Å²) >= 11 is 0. The van der Waals surface area contributed by atoms with Crippen LogP contribution in [0.15, 0.2) is 120 Å². The van der Waals surface area contributed by atoms with Crippen LogP contribution in [0.2, 0.25) is 0 Å². The van der Waals surface area contributed by atoms with E-state index in [2.05, 4.69) is 191 Å². The van der Waals surface area contributed by atoms with Crippen molar-refractivity contribution >= 4 is 33.9 Å². The maximum Gasteiger partial charge on any atom is 0.203 e. The molecule has 4 nitrogen and oxygen atoms in total. The fraction of sp³-hybridized carbons (Fsp3) is 0.383. The summed E-state index contributed by atoms with van der Waals surface area (Å²) in [7, 11) is 0. The summed E-state index contributed by atoms with van der Waals surface area (Å²) < 4.78 is 2.46. The second-order valence-electron chi connectivity index (χ2n) is 12.9. The minimum atomic E-state index is 0.995. The third-order valence-electron chi connectivity index (χ3n) is 10.3. The molecule has 3 aromatic rings. The maximum absolute atomic E-state index is 2.46. The summed E-state index contributed by atoms with van der Waals surface area (Å²) in [5.74, 6) is 0. The Kier molecular flexibility index (Phi) is 15.2. The van der Waals surface area contributed by atoms with Gasteiger partial charge in [0.15, 0.2) is 0 Å². The molecular weight excluding hydrogens is 621 g/mol. The Bertz CT molecular complexity index is 1660. The SMILES string of the molecule is CCC1=C/C(=C(/C=C/C=C(c2ccc(N(CC)CC)cc2)c2ccc(N(CC)CC)cc2)c2ccc(N(CC)CC)cc2)C=CC1=[N+](CC)CC. The first kappa shape index (κ1) is 39.2. The quantitative estimate of drug-likeness (QED) is 0.104. The fourth-order valence-corrected chi connectivity index (χ4v) is 7.19. The minimum absolute atomic E-state index is 0.995. The van der Waals surface area contributed by atoms with E-state index < -0.39 is 0 Å². The Balaban J connectivity index is 1.87. The van der Waals surface area contributed by atoms with Crippen molar-refractivity contribution in [1.29, 1.82) is 0 Å². The predicted molar refractivity (Wildman–Crippen MR) is 227 cm³/mol. The molecule has 270 valence electrons. The molecule has 0 fully saturated rings. The van der Waals surface area contributed by atoms with Crippen LogP contribution in [0.3, 0.4) is 0 Å². The lowest BCUT2D eigenvalue weighted by molar-refractivity contribution is -0.519. The highest BCUT2D eigenvalue weighted by Gasteiger charge is 2.19. The molecule has 0 bridgehead atoms. The maximum atomic E-state index is 2.46. The number of hydrogen-bond acceptors (Lipinski definition) is 3. The molecular formula is C47H63N4+. The van der Waals surface area contributed by atoms with Crippen molar-refractivity contribution in [3.63, 3.8) is 0 Å². The summed E-state index contributed by atoms with van der Waals surface area (Å²) in [5.41, 5.74) is 13.9. The van der Waals surface area contributed by atoms with Gasteiger partial charge in [0.1, 0.15) is 13.1 Å². The molecule has 51 heavy (non-hydrogen) atoms. The van der Waals surface area contributed by atoms with Crippen LogP contribution >= 0.6 is 0 Å². The van der Waals surface area contributed by atoms with E-state index in [1.54, 1.807) is 0 Å². The van der Waals surface area contributed by atoms with Crippen LogP contribution in [-0.2, 0) is 0 Å². The van der Waals surface area contributed by atoms with Gasteiger partial charge >= 0.3 is 0 Å². The molecule has 4 rings (SSSR count). The average molecular weight is 684 g/mol. The van der Waals surface area contributed by atoms with Gasteiger partial charge in [-0.3, -0.25) is 0 Å². The van der Waals surface area contributed by atoms with E-state index >= 15 is 0 Å². The summed E-state index contributed by atoms with van der Waals surface area (Å²) in [6.45, 7) is 28.1. The van der Waals surface area contributed by atoms with Crippen molar-refractivity contribution in [2.24, 2.45) is 0 Å². The lowest BCUT2D eigenvalue weighted by Crippen LogP contribution is -2.22. The Morgan fingerprint density at radius 2 is 0.941 bits per heavy atom. The van der Waals surface area contributed by atoms with Crippen molar-refractivity contribution in [1.82, 2.24) is 0 Å². The van der Waals surface area contributed by atoms with Gasteiger partial charge in [-0.2, -0.15) is 0 Å². The van der Waals surface area contributed by atoms with Gasteiger partial charge < -0.3 is 14.7 Å². The van der Waals surface area contributed by atoms with Crippen LogP contribution < -0.4 is 14.7 Å². The average Bonchev–Trinajstić information content (AvgIpc) is 3.18. The first-order chi connectivity index (χ1) is 24.9. The molecule has 0 heterocycles. The van der Waals surface area contributed by atoms with Gasteiger partial charge in [-0.15, -0.1) is 0 Å². The van der Waals surface area contributed by atoms with E-state index in [0.717, 1.165) is 58.8 Å². The topological polar surface area (TPSA) is 12.7 Å². The van der Waals surface area contributed by atoms with Crippen molar-refractivity contribution in [3.8, 4) is 0 Å². The first-order valence-corrected chi connectivity index (χ1v) is 19.6. The highest BCUT2D eigenvalue weighted by Crippen LogP contribution is 2.31. The zero-order valence-corrected chi connectivity index (χ0v) is 33.0. The van der Waals surface area contributed by atoms with E-state index in [1.165, 1.54) is 61.8 Å². The van der Waals surface area contributed by atoms with Crippen LogP contribution in [0.4, 0.5) is 17.1 Å². The fourth-order valence-electron chi connectivity index (χ4n) is 7.19. The minimum Gasteiger partial charge on any atom is -0.372 e. The largest absolute Gasteiger partial charge is 0.372 e. The van der Waals surface area contributed by atoms with Gasteiger partial charge in [-0.1, -0.05) is 61.5 Å². The van der Waals surface area contributed by atoms with Crippen LogP contribution in [0, 0.1) is 0 Å². The van der Waals surface area contributed by atoms with Crippen LogP contribution in [0.1, 0.15) is 85.4 Å². The van der Waals surface area contributed by atoms with Crippen molar-refractivity contribution in [2.45, 2.75) is 68.7 Å². The second-order valence-corrected chi connectivity index (χ2v) is 12.9. The third kappa shape index (κ3) is 9.61. The second kappa shape index (κ2) is 19.7. The highest BCUT2D eigenvalue weighted by molar-refractivity contribution is 6.08. The van der Waals surface area contributed by atoms with Gasteiger partial charge in [0.05, 0.1) is 0 Å². The summed E-state index contributed by atoms with van der Waals surface area (Å²) in [5, 5.41) is 0. The Hall–Kier alpha value is -4.57. The highest BCUT2D eigenvalue weighted by atomic mass is 15.1. The lowest BCUT2D eigenvalue weighted by atomic mass is 9.91. The number of nitrogens with zero attached hydrogens (tertiary/aromatic N) is 4. The molecule has 3 aromatic carbocycles. The van der Waals surface area contributed by atoms with Gasteiger partial charge in [0, 0.05) is 68.0 Å². The monoisotopic (exact) mass is 684 g/mol. The number of anilines is 3. The molecule has 0 spiro atoms. The first-order valence-electron chi connectivity index (χ1n) is 19.6. The Labute approximate surface area is 310 Å². The molecule has 0 aromatic heterocycles. The smallest absolute Gasteiger partial charge is 0.203 e. The molecule has 0 N–H and O–H groups in total. The molecule has 1 aliphatic rings. The van der Waals surface area contributed by atoms with E-state index in [-0.39, 0.29) is 0 Å². The Morgan fingerprint density at radius 1 is 0.529 bits per heavy atom. The number of allylic oxidation sites excluding steroid dienone is 9. The van der Waals surface area contributed by atoms with Crippen LogP contribution in [-0.4, -0.2) is 62.6 Å². The van der Waals surface area contributed by atoms with Gasteiger partial charge in [0.25, 0.3) is 0 Å². The van der Waals surface area contributed by atoms with Gasteiger partial charge in [0.2, 0.25) is 5.71 Å². The normalized spacial score (nSPS) is 13.7. The predicted octanol–water partition coefficient (Wildman–Crippen LogP) is 11.1. The molecule has 0 saturated carbocycles.